The van der Waals surface area contributed by atoms with Gasteiger partial charge in [0.2, 0.25) is 0 Å². The van der Waals surface area contributed by atoms with Gasteiger partial charge in [0.25, 0.3) is 0 Å². The van der Waals surface area contributed by atoms with Crippen LogP contribution in [-0.4, -0.2) is 5.60 Å². The van der Waals surface area contributed by atoms with Crippen LogP contribution in [0.15, 0.2) is 61.2 Å². The van der Waals surface area contributed by atoms with Crippen molar-refractivity contribution in [2.75, 3.05) is 0 Å². The van der Waals surface area contributed by atoms with Crippen LogP contribution < -0.4 is 4.74 Å². The zero-order chi connectivity index (χ0) is 14.6. The van der Waals surface area contributed by atoms with Gasteiger partial charge < -0.3 is 4.74 Å². The Morgan fingerprint density at radius 3 is 1.95 bits per heavy atom. The van der Waals surface area contributed by atoms with Crippen molar-refractivity contribution in [2.24, 2.45) is 0 Å². The second-order valence-corrected chi connectivity index (χ2v) is 5.12. The van der Waals surface area contributed by atoms with Gasteiger partial charge in [-0.3, -0.25) is 0 Å². The molecule has 100 valence electrons. The Morgan fingerprint density at radius 1 is 1.00 bits per heavy atom. The maximum atomic E-state index is 8.79. The highest BCUT2D eigenvalue weighted by atomic mass is 16.5. The summed E-state index contributed by atoms with van der Waals surface area (Å²) in [5.41, 5.74) is 2.47. The second-order valence-electron chi connectivity index (χ2n) is 5.12. The standard InChI is InChI=1S/C18H17NO/c1-4-18(2,3)20-17-11-9-16(10-12-17)15-7-5-14(13-19)6-8-15/h4-12H,1H2,2-3H3. The van der Waals surface area contributed by atoms with Crippen LogP contribution in [-0.2, 0) is 0 Å². The highest BCUT2D eigenvalue weighted by molar-refractivity contribution is 5.64. The summed E-state index contributed by atoms with van der Waals surface area (Å²) >= 11 is 0. The molecule has 20 heavy (non-hydrogen) atoms. The predicted molar refractivity (Wildman–Crippen MR) is 81.5 cm³/mol. The number of nitriles is 1. The van der Waals surface area contributed by atoms with Gasteiger partial charge in [0.05, 0.1) is 11.6 Å². The molecule has 0 aliphatic carbocycles. The Balaban J connectivity index is 2.19. The van der Waals surface area contributed by atoms with E-state index in [0.717, 1.165) is 16.9 Å². The van der Waals surface area contributed by atoms with Crippen LogP contribution in [0.5, 0.6) is 5.75 Å². The summed E-state index contributed by atoms with van der Waals surface area (Å²) < 4.78 is 5.82. The van der Waals surface area contributed by atoms with Gasteiger partial charge in [-0.2, -0.15) is 5.26 Å². The monoisotopic (exact) mass is 263 g/mol. The lowest BCUT2D eigenvalue weighted by molar-refractivity contribution is 0.162. The average molecular weight is 263 g/mol. The maximum absolute atomic E-state index is 8.79. The van der Waals surface area contributed by atoms with Crippen molar-refractivity contribution in [3.05, 3.63) is 66.7 Å². The Bertz CT molecular complexity index is 631. The number of hydrogen-bond acceptors (Lipinski definition) is 2. The van der Waals surface area contributed by atoms with Gasteiger partial charge in [-0.15, -0.1) is 0 Å². The summed E-state index contributed by atoms with van der Waals surface area (Å²) in [6, 6.07) is 17.6. The van der Waals surface area contributed by atoms with E-state index >= 15 is 0 Å². The van der Waals surface area contributed by atoms with E-state index in [2.05, 4.69) is 12.6 Å². The van der Waals surface area contributed by atoms with Crippen molar-refractivity contribution in [2.45, 2.75) is 19.4 Å². The predicted octanol–water partition coefficient (Wildman–Crippen LogP) is 4.57. The first kappa shape index (κ1) is 13.9. The molecular weight excluding hydrogens is 246 g/mol. The molecule has 0 aliphatic heterocycles. The topological polar surface area (TPSA) is 33.0 Å². The van der Waals surface area contributed by atoms with Crippen molar-refractivity contribution >= 4 is 0 Å². The molecule has 0 atom stereocenters. The fourth-order valence-corrected chi connectivity index (χ4v) is 1.80. The van der Waals surface area contributed by atoms with E-state index in [4.69, 9.17) is 10.00 Å². The number of hydrogen-bond donors (Lipinski definition) is 0. The number of ether oxygens (including phenoxy) is 1. The average Bonchev–Trinajstić information content (AvgIpc) is 2.48. The molecule has 0 saturated heterocycles. The van der Waals surface area contributed by atoms with E-state index in [1.54, 1.807) is 6.08 Å². The Morgan fingerprint density at radius 2 is 1.50 bits per heavy atom. The summed E-state index contributed by atoms with van der Waals surface area (Å²) in [6.45, 7) is 7.69. The normalized spacial score (nSPS) is 10.7. The zero-order valence-corrected chi connectivity index (χ0v) is 11.8. The van der Waals surface area contributed by atoms with Gasteiger partial charge in [-0.25, -0.2) is 0 Å². The second kappa shape index (κ2) is 5.63. The first-order valence-corrected chi connectivity index (χ1v) is 6.47. The number of nitrogens with zero attached hydrogens (tertiary/aromatic N) is 1. The molecule has 2 nitrogen and oxygen atoms in total. The van der Waals surface area contributed by atoms with Gasteiger partial charge in [-0.05, 0) is 55.3 Å². The third-order valence-corrected chi connectivity index (χ3v) is 3.07. The quantitative estimate of drug-likeness (QED) is 0.757. The Labute approximate surface area is 119 Å². The van der Waals surface area contributed by atoms with Gasteiger partial charge in [-0.1, -0.05) is 30.8 Å². The van der Waals surface area contributed by atoms with Crippen LogP contribution in [0.4, 0.5) is 0 Å². The van der Waals surface area contributed by atoms with Gasteiger partial charge in [0, 0.05) is 0 Å². The van der Waals surface area contributed by atoms with E-state index in [1.807, 2.05) is 62.4 Å². The first-order valence-electron chi connectivity index (χ1n) is 6.47. The molecule has 0 spiro atoms. The summed E-state index contributed by atoms with van der Waals surface area (Å²) in [7, 11) is 0. The minimum Gasteiger partial charge on any atom is -0.484 e. The van der Waals surface area contributed by atoms with E-state index in [-0.39, 0.29) is 5.60 Å². The molecule has 0 aromatic heterocycles. The van der Waals surface area contributed by atoms with Crippen LogP contribution in [0, 0.1) is 11.3 Å². The summed E-state index contributed by atoms with van der Waals surface area (Å²) in [5, 5.41) is 8.79. The largest absolute Gasteiger partial charge is 0.484 e. The lowest BCUT2D eigenvalue weighted by Crippen LogP contribution is -2.24. The number of benzene rings is 2. The van der Waals surface area contributed by atoms with Crippen molar-refractivity contribution in [3.8, 4) is 22.9 Å². The summed E-state index contributed by atoms with van der Waals surface area (Å²) in [6.07, 6.45) is 1.78. The van der Waals surface area contributed by atoms with Gasteiger partial charge in [0.1, 0.15) is 11.4 Å². The molecule has 0 fully saturated rings. The molecule has 2 rings (SSSR count). The first-order chi connectivity index (χ1) is 9.54. The van der Waals surface area contributed by atoms with Crippen LogP contribution >= 0.6 is 0 Å². The van der Waals surface area contributed by atoms with E-state index < -0.39 is 0 Å². The molecule has 2 heteroatoms. The minimum atomic E-state index is -0.379. The molecule has 0 bridgehead atoms. The van der Waals surface area contributed by atoms with Crippen molar-refractivity contribution in [1.82, 2.24) is 0 Å². The highest BCUT2D eigenvalue weighted by Crippen LogP contribution is 2.25. The van der Waals surface area contributed by atoms with Crippen LogP contribution in [0.2, 0.25) is 0 Å². The summed E-state index contributed by atoms with van der Waals surface area (Å²) in [4.78, 5) is 0. The fourth-order valence-electron chi connectivity index (χ4n) is 1.80. The minimum absolute atomic E-state index is 0.379. The van der Waals surface area contributed by atoms with Crippen molar-refractivity contribution in [3.63, 3.8) is 0 Å². The smallest absolute Gasteiger partial charge is 0.121 e. The third kappa shape index (κ3) is 3.27. The molecule has 0 N–H and O–H groups in total. The van der Waals surface area contributed by atoms with Crippen LogP contribution in [0.1, 0.15) is 19.4 Å². The molecule has 0 amide bonds. The lowest BCUT2D eigenvalue weighted by Gasteiger charge is -2.22. The number of rotatable bonds is 4. The van der Waals surface area contributed by atoms with Gasteiger partial charge in [0.15, 0.2) is 0 Å². The van der Waals surface area contributed by atoms with E-state index in [1.165, 1.54) is 0 Å². The zero-order valence-electron chi connectivity index (χ0n) is 11.8. The fraction of sp³-hybridized carbons (Fsp3) is 0.167. The molecular formula is C18H17NO. The highest BCUT2D eigenvalue weighted by Gasteiger charge is 2.14. The molecule has 0 aliphatic rings. The van der Waals surface area contributed by atoms with Crippen molar-refractivity contribution in [1.29, 1.82) is 5.26 Å². The van der Waals surface area contributed by atoms with E-state index in [9.17, 15) is 0 Å². The Kier molecular flexibility index (Phi) is 3.91. The lowest BCUT2D eigenvalue weighted by atomic mass is 10.0. The molecule has 2 aromatic rings. The van der Waals surface area contributed by atoms with Crippen molar-refractivity contribution < 1.29 is 4.74 Å². The third-order valence-electron chi connectivity index (χ3n) is 3.07. The maximum Gasteiger partial charge on any atom is 0.121 e. The summed E-state index contributed by atoms with van der Waals surface area (Å²) in [5.74, 6) is 0.812. The van der Waals surface area contributed by atoms with Gasteiger partial charge >= 0.3 is 0 Å². The Hall–Kier alpha value is -2.53. The SMILES string of the molecule is C=CC(C)(C)Oc1ccc(-c2ccc(C#N)cc2)cc1. The molecule has 0 saturated carbocycles. The molecule has 0 unspecified atom stereocenters. The molecule has 0 heterocycles. The molecule has 2 aromatic carbocycles. The van der Waals surface area contributed by atoms with Crippen LogP contribution in [0.3, 0.4) is 0 Å². The molecule has 0 radical (unpaired) electrons. The van der Waals surface area contributed by atoms with E-state index in [0.29, 0.717) is 5.56 Å². The van der Waals surface area contributed by atoms with Crippen LogP contribution in [0.25, 0.3) is 11.1 Å².